The average Bonchev–Trinajstić information content (AvgIpc) is 2.64. The molecular formula is C19H27N3O4. The molecule has 2 aliphatic rings. The van der Waals surface area contributed by atoms with Crippen molar-refractivity contribution < 1.29 is 19.4 Å². The maximum absolute atomic E-state index is 12.8. The second-order valence-corrected chi connectivity index (χ2v) is 7.10. The second kappa shape index (κ2) is 7.53. The lowest BCUT2D eigenvalue weighted by atomic mass is 9.78. The maximum Gasteiger partial charge on any atom is 0.228 e. The maximum atomic E-state index is 12.8. The molecule has 4 atom stereocenters. The summed E-state index contributed by atoms with van der Waals surface area (Å²) >= 11 is 0. The Morgan fingerprint density at radius 1 is 1.19 bits per heavy atom. The molecule has 2 fully saturated rings. The summed E-state index contributed by atoms with van der Waals surface area (Å²) in [6, 6.07) is 7.63. The molecule has 1 aromatic carbocycles. The van der Waals surface area contributed by atoms with E-state index in [0.29, 0.717) is 13.1 Å². The molecule has 2 heterocycles. The summed E-state index contributed by atoms with van der Waals surface area (Å²) in [6.07, 6.45) is -0.740. The Kier molecular flexibility index (Phi) is 5.36. The van der Waals surface area contributed by atoms with Crippen LogP contribution in [0.15, 0.2) is 24.3 Å². The van der Waals surface area contributed by atoms with E-state index in [1.165, 1.54) is 0 Å². The molecule has 0 saturated carbocycles. The second-order valence-electron chi connectivity index (χ2n) is 7.10. The van der Waals surface area contributed by atoms with Crippen molar-refractivity contribution in [2.45, 2.75) is 26.0 Å². The molecule has 2 aliphatic heterocycles. The number of rotatable bonds is 5. The molecule has 0 radical (unpaired) electrons. The summed E-state index contributed by atoms with van der Waals surface area (Å²) < 4.78 is 5.18. The summed E-state index contributed by atoms with van der Waals surface area (Å²) in [7, 11) is 1.65. The van der Waals surface area contributed by atoms with Crippen LogP contribution in [0.4, 0.5) is 5.69 Å². The first kappa shape index (κ1) is 18.5. The quantitative estimate of drug-likeness (QED) is 0.746. The van der Waals surface area contributed by atoms with Gasteiger partial charge in [0.25, 0.3) is 0 Å². The van der Waals surface area contributed by atoms with E-state index in [9.17, 15) is 14.7 Å². The summed E-state index contributed by atoms with van der Waals surface area (Å²) in [5.41, 5.74) is 1.12. The number of hydrogen-bond donors (Lipinski definition) is 2. The SMILES string of the molecule is COc1ccc(N2CCN(C(=O)C(C)[C@H]3NC(=O)[C@@H]3C(C)O)CC2)cc1. The number of anilines is 1. The van der Waals surface area contributed by atoms with Gasteiger partial charge in [0.15, 0.2) is 0 Å². The van der Waals surface area contributed by atoms with Crippen molar-refractivity contribution >= 4 is 17.5 Å². The molecular weight excluding hydrogens is 334 g/mol. The molecule has 0 aliphatic carbocycles. The Hall–Kier alpha value is -2.28. The number of β-lactam (4-membered cyclic amide) rings is 1. The van der Waals surface area contributed by atoms with Gasteiger partial charge < -0.3 is 25.0 Å². The zero-order valence-electron chi connectivity index (χ0n) is 15.5. The van der Waals surface area contributed by atoms with Gasteiger partial charge in [-0.2, -0.15) is 0 Å². The van der Waals surface area contributed by atoms with E-state index >= 15 is 0 Å². The van der Waals surface area contributed by atoms with Crippen LogP contribution >= 0.6 is 0 Å². The number of aliphatic hydroxyl groups is 1. The number of piperazine rings is 1. The highest BCUT2D eigenvalue weighted by atomic mass is 16.5. The van der Waals surface area contributed by atoms with Crippen LogP contribution in [0.2, 0.25) is 0 Å². The van der Waals surface area contributed by atoms with Gasteiger partial charge in [0.2, 0.25) is 11.8 Å². The molecule has 7 heteroatoms. The molecule has 0 spiro atoms. The minimum absolute atomic E-state index is 0.0371. The molecule has 7 nitrogen and oxygen atoms in total. The third-order valence-electron chi connectivity index (χ3n) is 5.48. The monoisotopic (exact) mass is 361 g/mol. The highest BCUT2D eigenvalue weighted by molar-refractivity contribution is 5.90. The third kappa shape index (κ3) is 3.49. The van der Waals surface area contributed by atoms with Crippen LogP contribution in [-0.4, -0.2) is 67.3 Å². The Morgan fingerprint density at radius 2 is 1.81 bits per heavy atom. The Bertz CT molecular complexity index is 653. The number of hydrogen-bond acceptors (Lipinski definition) is 5. The van der Waals surface area contributed by atoms with Crippen LogP contribution in [0.3, 0.4) is 0 Å². The summed E-state index contributed by atoms with van der Waals surface area (Å²) in [6.45, 7) is 6.26. The predicted molar refractivity (Wildman–Crippen MR) is 98.1 cm³/mol. The van der Waals surface area contributed by atoms with Gasteiger partial charge in [0.05, 0.1) is 31.1 Å². The van der Waals surface area contributed by atoms with Gasteiger partial charge in [-0.3, -0.25) is 9.59 Å². The summed E-state index contributed by atoms with van der Waals surface area (Å²) in [5, 5.41) is 12.5. The van der Waals surface area contributed by atoms with E-state index in [-0.39, 0.29) is 23.8 Å². The first-order valence-electron chi connectivity index (χ1n) is 9.08. The highest BCUT2D eigenvalue weighted by Gasteiger charge is 2.47. The standard InChI is InChI=1S/C19H27N3O4/c1-12(17-16(13(2)23)18(24)20-17)19(25)22-10-8-21(9-11-22)14-4-6-15(26-3)7-5-14/h4-7,12-13,16-17,23H,8-11H2,1-3H3,(H,20,24)/t12?,13?,16-,17-/m1/s1. The van der Waals surface area contributed by atoms with Crippen LogP contribution in [0.5, 0.6) is 5.75 Å². The molecule has 0 bridgehead atoms. The fourth-order valence-electron chi connectivity index (χ4n) is 3.79. The van der Waals surface area contributed by atoms with Gasteiger partial charge in [-0.15, -0.1) is 0 Å². The fraction of sp³-hybridized carbons (Fsp3) is 0.579. The third-order valence-corrected chi connectivity index (χ3v) is 5.48. The van der Waals surface area contributed by atoms with E-state index in [4.69, 9.17) is 4.74 Å². The van der Waals surface area contributed by atoms with Crippen molar-refractivity contribution in [2.75, 3.05) is 38.2 Å². The van der Waals surface area contributed by atoms with Crippen molar-refractivity contribution in [1.82, 2.24) is 10.2 Å². The first-order chi connectivity index (χ1) is 12.4. The summed E-state index contributed by atoms with van der Waals surface area (Å²) in [4.78, 5) is 28.5. The molecule has 3 rings (SSSR count). The van der Waals surface area contributed by atoms with Crippen LogP contribution in [-0.2, 0) is 9.59 Å². The van der Waals surface area contributed by atoms with Crippen LogP contribution in [0, 0.1) is 11.8 Å². The van der Waals surface area contributed by atoms with Gasteiger partial charge in [0.1, 0.15) is 5.75 Å². The van der Waals surface area contributed by atoms with E-state index in [1.54, 1.807) is 14.0 Å². The van der Waals surface area contributed by atoms with Crippen molar-refractivity contribution in [3.63, 3.8) is 0 Å². The molecule has 2 unspecified atom stereocenters. The number of amides is 2. The van der Waals surface area contributed by atoms with Gasteiger partial charge in [0, 0.05) is 31.9 Å². The van der Waals surface area contributed by atoms with Gasteiger partial charge in [-0.1, -0.05) is 6.92 Å². The van der Waals surface area contributed by atoms with E-state index in [0.717, 1.165) is 24.5 Å². The van der Waals surface area contributed by atoms with Crippen LogP contribution in [0.25, 0.3) is 0 Å². The number of ether oxygens (including phenoxy) is 1. The zero-order chi connectivity index (χ0) is 18.8. The largest absolute Gasteiger partial charge is 0.497 e. The first-order valence-corrected chi connectivity index (χ1v) is 9.08. The van der Waals surface area contributed by atoms with Gasteiger partial charge in [-0.25, -0.2) is 0 Å². The Balaban J connectivity index is 1.55. The van der Waals surface area contributed by atoms with Crippen molar-refractivity contribution in [2.24, 2.45) is 11.8 Å². The van der Waals surface area contributed by atoms with E-state index in [1.807, 2.05) is 36.1 Å². The van der Waals surface area contributed by atoms with Gasteiger partial charge in [-0.05, 0) is 31.2 Å². The number of aliphatic hydroxyl groups excluding tert-OH is 1. The predicted octanol–water partition coefficient (Wildman–Crippen LogP) is 0.475. The Labute approximate surface area is 153 Å². The molecule has 26 heavy (non-hydrogen) atoms. The number of nitrogens with one attached hydrogen (secondary N) is 1. The average molecular weight is 361 g/mol. The van der Waals surface area contributed by atoms with Crippen molar-refractivity contribution in [3.8, 4) is 5.75 Å². The molecule has 1 aromatic rings. The van der Waals surface area contributed by atoms with Gasteiger partial charge >= 0.3 is 0 Å². The topological polar surface area (TPSA) is 82.1 Å². The number of carbonyl (C=O) groups excluding carboxylic acids is 2. The molecule has 2 amide bonds. The van der Waals surface area contributed by atoms with E-state index < -0.39 is 12.0 Å². The van der Waals surface area contributed by atoms with E-state index in [2.05, 4.69) is 10.2 Å². The minimum atomic E-state index is -0.740. The highest BCUT2D eigenvalue weighted by Crippen LogP contribution is 2.27. The number of benzene rings is 1. The summed E-state index contributed by atoms with van der Waals surface area (Å²) in [5.74, 6) is -0.134. The lowest BCUT2D eigenvalue weighted by Crippen LogP contribution is -2.66. The Morgan fingerprint density at radius 3 is 2.31 bits per heavy atom. The molecule has 2 saturated heterocycles. The van der Waals surface area contributed by atoms with Crippen molar-refractivity contribution in [3.05, 3.63) is 24.3 Å². The normalized spacial score (nSPS) is 25.2. The van der Waals surface area contributed by atoms with Crippen molar-refractivity contribution in [1.29, 1.82) is 0 Å². The van der Waals surface area contributed by atoms with Crippen LogP contribution in [0.1, 0.15) is 13.8 Å². The zero-order valence-corrected chi connectivity index (χ0v) is 15.5. The number of methoxy groups -OCH3 is 1. The number of nitrogens with zero attached hydrogens (tertiary/aromatic N) is 2. The molecule has 0 aromatic heterocycles. The number of carbonyl (C=O) groups is 2. The lowest BCUT2D eigenvalue weighted by Gasteiger charge is -2.44. The minimum Gasteiger partial charge on any atom is -0.497 e. The fourth-order valence-corrected chi connectivity index (χ4v) is 3.79. The molecule has 2 N–H and O–H groups in total. The smallest absolute Gasteiger partial charge is 0.228 e. The molecule has 142 valence electrons. The lowest BCUT2D eigenvalue weighted by molar-refractivity contribution is -0.148. The van der Waals surface area contributed by atoms with Crippen LogP contribution < -0.4 is 15.0 Å².